The molecule has 0 saturated carbocycles. The molecule has 1 fully saturated rings. The summed E-state index contributed by atoms with van der Waals surface area (Å²) in [4.78, 5) is 37.6. The summed E-state index contributed by atoms with van der Waals surface area (Å²) in [6.45, 7) is 1.03. The highest BCUT2D eigenvalue weighted by atomic mass is 16.4. The summed E-state index contributed by atoms with van der Waals surface area (Å²) in [5.74, 6) is 1.03. The van der Waals surface area contributed by atoms with E-state index in [-0.39, 0.29) is 11.6 Å². The lowest BCUT2D eigenvalue weighted by Crippen LogP contribution is -2.59. The Morgan fingerprint density at radius 3 is 2.85 bits per heavy atom. The van der Waals surface area contributed by atoms with Crippen molar-refractivity contribution in [1.82, 2.24) is 30.0 Å². The summed E-state index contributed by atoms with van der Waals surface area (Å²) in [7, 11) is 0. The molecule has 10 nitrogen and oxygen atoms in total. The van der Waals surface area contributed by atoms with Crippen LogP contribution in [0.15, 0.2) is 47.9 Å². The number of anilines is 1. The monoisotopic (exact) mass is 353 g/mol. The van der Waals surface area contributed by atoms with E-state index < -0.39 is 6.09 Å². The van der Waals surface area contributed by atoms with E-state index in [4.69, 9.17) is 5.11 Å². The van der Waals surface area contributed by atoms with Gasteiger partial charge >= 0.3 is 6.09 Å². The van der Waals surface area contributed by atoms with Gasteiger partial charge in [-0.25, -0.2) is 19.4 Å². The van der Waals surface area contributed by atoms with Crippen molar-refractivity contribution in [1.29, 1.82) is 0 Å². The third kappa shape index (κ3) is 2.88. The smallest absolute Gasteiger partial charge is 0.405 e. The predicted octanol–water partition coefficient (Wildman–Crippen LogP) is 0.474. The van der Waals surface area contributed by atoms with Gasteiger partial charge in [0.2, 0.25) is 0 Å². The maximum absolute atomic E-state index is 12.7. The molecule has 0 atom stereocenters. The minimum Gasteiger partial charge on any atom is -0.465 e. The summed E-state index contributed by atoms with van der Waals surface area (Å²) in [5, 5.41) is 14.0. The second-order valence-electron chi connectivity index (χ2n) is 5.86. The molecule has 1 aliphatic heterocycles. The van der Waals surface area contributed by atoms with Gasteiger partial charge in [-0.05, 0) is 6.07 Å². The summed E-state index contributed by atoms with van der Waals surface area (Å²) >= 11 is 0. The Kier molecular flexibility index (Phi) is 3.84. The van der Waals surface area contributed by atoms with Gasteiger partial charge in [0.25, 0.3) is 5.56 Å². The third-order valence-electron chi connectivity index (χ3n) is 4.14. The Balaban J connectivity index is 1.58. The molecule has 0 radical (unpaired) electrons. The van der Waals surface area contributed by atoms with Gasteiger partial charge in [-0.1, -0.05) is 6.07 Å². The first-order valence-corrected chi connectivity index (χ1v) is 7.89. The van der Waals surface area contributed by atoms with E-state index in [9.17, 15) is 9.59 Å². The minimum atomic E-state index is -1.04. The lowest BCUT2D eigenvalue weighted by Gasteiger charge is -2.39. The number of rotatable bonds is 4. The van der Waals surface area contributed by atoms with Crippen molar-refractivity contribution in [2.24, 2.45) is 0 Å². The topological polar surface area (TPSA) is 129 Å². The molecule has 4 rings (SSSR count). The van der Waals surface area contributed by atoms with Crippen LogP contribution in [0.5, 0.6) is 0 Å². The zero-order chi connectivity index (χ0) is 18.1. The lowest BCUT2D eigenvalue weighted by molar-refractivity contribution is 0.187. The molecule has 0 unspecified atom stereocenters. The standard InChI is InChI=1S/C16H15N7O3/c24-15-12(10-2-1-3-17-5-10)6-20-23(15)14-4-13(18-9-19-14)22-7-11(8-22)21-16(25)26/h1-6,9,11,20-21H,7-8H2,(H,25,26). The number of nitrogens with zero attached hydrogens (tertiary/aromatic N) is 5. The Hall–Kier alpha value is -3.69. The van der Waals surface area contributed by atoms with Gasteiger partial charge in [0, 0.05) is 43.3 Å². The molecule has 0 bridgehead atoms. The number of hydrogen-bond acceptors (Lipinski definition) is 6. The first-order chi connectivity index (χ1) is 12.6. The van der Waals surface area contributed by atoms with Crippen LogP contribution in [0.4, 0.5) is 10.6 Å². The number of H-pyrrole nitrogens is 1. The van der Waals surface area contributed by atoms with E-state index in [1.54, 1.807) is 30.7 Å². The minimum absolute atomic E-state index is 0.128. The van der Waals surface area contributed by atoms with Crippen molar-refractivity contribution in [3.63, 3.8) is 0 Å². The fourth-order valence-corrected chi connectivity index (χ4v) is 2.83. The largest absolute Gasteiger partial charge is 0.465 e. The molecule has 1 amide bonds. The van der Waals surface area contributed by atoms with E-state index in [0.717, 1.165) is 0 Å². The molecular weight excluding hydrogens is 338 g/mol. The fourth-order valence-electron chi connectivity index (χ4n) is 2.83. The van der Waals surface area contributed by atoms with Crippen LogP contribution in [0.2, 0.25) is 0 Å². The second-order valence-corrected chi connectivity index (χ2v) is 5.86. The van der Waals surface area contributed by atoms with Crippen molar-refractivity contribution in [3.05, 3.63) is 53.5 Å². The summed E-state index contributed by atoms with van der Waals surface area (Å²) in [5.41, 5.74) is 0.969. The van der Waals surface area contributed by atoms with Crippen LogP contribution < -0.4 is 15.8 Å². The highest BCUT2D eigenvalue weighted by Gasteiger charge is 2.29. The Morgan fingerprint density at radius 2 is 2.12 bits per heavy atom. The van der Waals surface area contributed by atoms with Gasteiger partial charge < -0.3 is 15.3 Å². The van der Waals surface area contributed by atoms with Crippen LogP contribution in [0.25, 0.3) is 16.9 Å². The quantitative estimate of drug-likeness (QED) is 0.622. The van der Waals surface area contributed by atoms with Crippen molar-refractivity contribution in [2.45, 2.75) is 6.04 Å². The van der Waals surface area contributed by atoms with Crippen LogP contribution in [0.1, 0.15) is 0 Å². The summed E-state index contributed by atoms with van der Waals surface area (Å²) in [6.07, 6.45) is 5.21. The van der Waals surface area contributed by atoms with E-state index in [1.165, 1.54) is 11.0 Å². The number of pyridine rings is 1. The van der Waals surface area contributed by atoms with E-state index in [1.807, 2.05) is 11.0 Å². The molecule has 0 spiro atoms. The lowest BCUT2D eigenvalue weighted by atomic mass is 10.1. The molecular formula is C16H15N7O3. The van der Waals surface area contributed by atoms with Gasteiger partial charge in [-0.2, -0.15) is 0 Å². The molecule has 132 valence electrons. The normalized spacial score (nSPS) is 14.1. The number of hydrogen-bond donors (Lipinski definition) is 3. The maximum atomic E-state index is 12.7. The molecule has 4 heterocycles. The fraction of sp³-hybridized carbons (Fsp3) is 0.188. The van der Waals surface area contributed by atoms with Crippen LogP contribution in [0, 0.1) is 0 Å². The van der Waals surface area contributed by atoms with Crippen molar-refractivity contribution >= 4 is 11.9 Å². The van der Waals surface area contributed by atoms with Crippen molar-refractivity contribution in [3.8, 4) is 16.9 Å². The third-order valence-corrected chi connectivity index (χ3v) is 4.14. The number of amides is 1. The Labute approximate surface area is 147 Å². The first kappa shape index (κ1) is 15.8. The maximum Gasteiger partial charge on any atom is 0.405 e. The van der Waals surface area contributed by atoms with Gasteiger partial charge in [-0.3, -0.25) is 14.9 Å². The molecule has 0 aromatic carbocycles. The molecule has 3 N–H and O–H groups in total. The summed E-state index contributed by atoms with van der Waals surface area (Å²) in [6, 6.07) is 5.13. The van der Waals surface area contributed by atoms with Crippen LogP contribution in [0.3, 0.4) is 0 Å². The Morgan fingerprint density at radius 1 is 1.31 bits per heavy atom. The van der Waals surface area contributed by atoms with Crippen LogP contribution in [-0.4, -0.2) is 55.1 Å². The Bertz CT molecular complexity index is 992. The highest BCUT2D eigenvalue weighted by Crippen LogP contribution is 2.20. The van der Waals surface area contributed by atoms with Gasteiger partial charge in [-0.15, -0.1) is 0 Å². The number of aromatic amines is 1. The van der Waals surface area contributed by atoms with Gasteiger partial charge in [0.1, 0.15) is 12.1 Å². The predicted molar refractivity (Wildman–Crippen MR) is 92.4 cm³/mol. The highest BCUT2D eigenvalue weighted by molar-refractivity contribution is 5.66. The molecule has 1 saturated heterocycles. The number of carboxylic acid groups (broad SMARTS) is 1. The van der Waals surface area contributed by atoms with Crippen LogP contribution in [-0.2, 0) is 0 Å². The van der Waals surface area contributed by atoms with Crippen molar-refractivity contribution in [2.75, 3.05) is 18.0 Å². The zero-order valence-electron chi connectivity index (χ0n) is 13.5. The second kappa shape index (κ2) is 6.31. The molecule has 3 aromatic heterocycles. The van der Waals surface area contributed by atoms with Crippen molar-refractivity contribution < 1.29 is 9.90 Å². The first-order valence-electron chi connectivity index (χ1n) is 7.89. The number of nitrogens with one attached hydrogen (secondary N) is 2. The van der Waals surface area contributed by atoms with E-state index in [0.29, 0.717) is 35.9 Å². The van der Waals surface area contributed by atoms with Gasteiger partial charge in [0.05, 0.1) is 11.6 Å². The molecule has 3 aromatic rings. The SMILES string of the molecule is O=C(O)NC1CN(c2cc(-n3[nH]cc(-c4cccnc4)c3=O)ncn2)C1. The number of aromatic nitrogens is 5. The van der Waals surface area contributed by atoms with E-state index in [2.05, 4.69) is 25.4 Å². The molecule has 1 aliphatic rings. The zero-order valence-corrected chi connectivity index (χ0v) is 13.5. The average Bonchev–Trinajstić information content (AvgIpc) is 3.00. The van der Waals surface area contributed by atoms with Gasteiger partial charge in [0.15, 0.2) is 5.82 Å². The molecule has 0 aliphatic carbocycles. The average molecular weight is 353 g/mol. The molecule has 26 heavy (non-hydrogen) atoms. The number of carbonyl (C=O) groups is 1. The van der Waals surface area contributed by atoms with Crippen LogP contribution >= 0.6 is 0 Å². The molecule has 10 heteroatoms. The summed E-state index contributed by atoms with van der Waals surface area (Å²) < 4.78 is 1.33. The van der Waals surface area contributed by atoms with E-state index >= 15 is 0 Å².